The predicted octanol–water partition coefficient (Wildman–Crippen LogP) is 5.01. The van der Waals surface area contributed by atoms with Crippen LogP contribution in [0.4, 0.5) is 24.5 Å². The average molecular weight is 389 g/mol. The number of alkyl halides is 3. The van der Waals surface area contributed by atoms with Gasteiger partial charge in [-0.3, -0.25) is 15.1 Å². The van der Waals surface area contributed by atoms with E-state index in [1.807, 2.05) is 0 Å². The van der Waals surface area contributed by atoms with E-state index in [-0.39, 0.29) is 15.7 Å². The molecule has 0 saturated carbocycles. The molecule has 2 aromatic carbocycles. The van der Waals surface area contributed by atoms with Gasteiger partial charge in [-0.15, -0.1) is 13.2 Å². The molecule has 120 valence electrons. The van der Waals surface area contributed by atoms with Crippen molar-refractivity contribution in [2.45, 2.75) is 6.36 Å². The van der Waals surface area contributed by atoms with E-state index in [2.05, 4.69) is 25.7 Å². The van der Waals surface area contributed by atoms with Gasteiger partial charge in [0.1, 0.15) is 5.75 Å². The van der Waals surface area contributed by atoms with Crippen LogP contribution in [-0.4, -0.2) is 17.5 Å². The van der Waals surface area contributed by atoms with E-state index in [1.54, 1.807) is 6.07 Å². The lowest BCUT2D eigenvalue weighted by atomic mass is 10.2. The van der Waals surface area contributed by atoms with Crippen molar-refractivity contribution in [3.05, 3.63) is 62.6 Å². The molecule has 0 radical (unpaired) electrons. The van der Waals surface area contributed by atoms with Gasteiger partial charge < -0.3 is 4.74 Å². The van der Waals surface area contributed by atoms with Crippen molar-refractivity contribution in [2.75, 3.05) is 0 Å². The Morgan fingerprint density at radius 3 is 2.52 bits per heavy atom. The lowest BCUT2D eigenvalue weighted by molar-refractivity contribution is -0.385. The Morgan fingerprint density at radius 2 is 1.91 bits per heavy atom. The third kappa shape index (κ3) is 4.78. The first kappa shape index (κ1) is 16.9. The lowest BCUT2D eigenvalue weighted by Gasteiger charge is -2.09. The number of rotatable bonds is 4. The van der Waals surface area contributed by atoms with Crippen LogP contribution in [0, 0.1) is 10.1 Å². The average Bonchev–Trinajstić information content (AvgIpc) is 2.45. The summed E-state index contributed by atoms with van der Waals surface area (Å²) < 4.78 is 40.4. The quantitative estimate of drug-likeness (QED) is 0.420. The second-order valence-corrected chi connectivity index (χ2v) is 5.09. The van der Waals surface area contributed by atoms with Crippen molar-refractivity contribution in [1.82, 2.24) is 0 Å². The molecule has 0 N–H and O–H groups in total. The second kappa shape index (κ2) is 6.78. The zero-order valence-electron chi connectivity index (χ0n) is 11.2. The molecule has 9 heteroatoms. The van der Waals surface area contributed by atoms with Crippen molar-refractivity contribution in [1.29, 1.82) is 0 Å². The largest absolute Gasteiger partial charge is 0.573 e. The molecule has 0 aliphatic carbocycles. The summed E-state index contributed by atoms with van der Waals surface area (Å²) in [5.74, 6) is -0.394. The van der Waals surface area contributed by atoms with Crippen LogP contribution in [0.5, 0.6) is 5.75 Å². The number of nitro benzene ring substituents is 1. The van der Waals surface area contributed by atoms with Crippen LogP contribution in [0.3, 0.4) is 0 Å². The van der Waals surface area contributed by atoms with Crippen molar-refractivity contribution < 1.29 is 22.8 Å². The molecule has 0 bridgehead atoms. The zero-order valence-corrected chi connectivity index (χ0v) is 12.8. The second-order valence-electron chi connectivity index (χ2n) is 4.24. The van der Waals surface area contributed by atoms with Gasteiger partial charge in [0.2, 0.25) is 0 Å². The first-order chi connectivity index (χ1) is 10.8. The molecule has 0 aliphatic rings. The molecule has 0 spiro atoms. The van der Waals surface area contributed by atoms with Gasteiger partial charge in [0.25, 0.3) is 5.69 Å². The fourth-order valence-electron chi connectivity index (χ4n) is 1.69. The SMILES string of the molecule is O=[N+]([O-])c1ccccc1C=Nc1ccc(OC(F)(F)F)cc1Br. The van der Waals surface area contributed by atoms with Crippen LogP contribution in [0.25, 0.3) is 0 Å². The highest BCUT2D eigenvalue weighted by molar-refractivity contribution is 9.10. The summed E-state index contributed by atoms with van der Waals surface area (Å²) in [7, 11) is 0. The van der Waals surface area contributed by atoms with Crippen LogP contribution >= 0.6 is 15.9 Å². The number of hydrogen-bond donors (Lipinski definition) is 0. The third-order valence-corrected chi connectivity index (χ3v) is 3.26. The van der Waals surface area contributed by atoms with Crippen molar-refractivity contribution in [3.63, 3.8) is 0 Å². The Kier molecular flexibility index (Phi) is 4.99. The van der Waals surface area contributed by atoms with E-state index in [9.17, 15) is 23.3 Å². The summed E-state index contributed by atoms with van der Waals surface area (Å²) in [6, 6.07) is 9.49. The van der Waals surface area contributed by atoms with E-state index < -0.39 is 17.0 Å². The third-order valence-electron chi connectivity index (χ3n) is 2.63. The van der Waals surface area contributed by atoms with Gasteiger partial charge in [-0.05, 0) is 40.2 Å². The van der Waals surface area contributed by atoms with Gasteiger partial charge in [-0.1, -0.05) is 12.1 Å². The standard InChI is InChI=1S/C14H8BrF3N2O3/c15-11-7-10(23-14(16,17)18)5-6-12(11)19-8-9-3-1-2-4-13(9)20(21)22/h1-8H. The number of ether oxygens (including phenoxy) is 1. The van der Waals surface area contributed by atoms with Gasteiger partial charge in [-0.25, -0.2) is 0 Å². The fourth-order valence-corrected chi connectivity index (χ4v) is 2.15. The molecule has 0 atom stereocenters. The van der Waals surface area contributed by atoms with Crippen molar-refractivity contribution in [3.8, 4) is 5.75 Å². The number of nitro groups is 1. The lowest BCUT2D eigenvalue weighted by Crippen LogP contribution is -2.16. The maximum Gasteiger partial charge on any atom is 0.573 e. The minimum absolute atomic E-state index is 0.121. The summed E-state index contributed by atoms with van der Waals surface area (Å²) in [4.78, 5) is 14.4. The minimum atomic E-state index is -4.78. The van der Waals surface area contributed by atoms with Crippen LogP contribution in [0.1, 0.15) is 5.56 Å². The van der Waals surface area contributed by atoms with Gasteiger partial charge in [0.05, 0.1) is 16.2 Å². The first-order valence-corrected chi connectivity index (χ1v) is 6.88. The zero-order chi connectivity index (χ0) is 17.0. The number of benzene rings is 2. The maximum absolute atomic E-state index is 12.1. The van der Waals surface area contributed by atoms with Gasteiger partial charge in [-0.2, -0.15) is 0 Å². The number of hydrogen-bond acceptors (Lipinski definition) is 4. The Morgan fingerprint density at radius 1 is 1.22 bits per heavy atom. The fraction of sp³-hybridized carbons (Fsp3) is 0.0714. The Bertz CT molecular complexity index is 763. The first-order valence-electron chi connectivity index (χ1n) is 6.09. The molecule has 2 aromatic rings. The number of nitrogens with zero attached hydrogens (tertiary/aromatic N) is 2. The van der Waals surface area contributed by atoms with Gasteiger partial charge in [0.15, 0.2) is 0 Å². The monoisotopic (exact) mass is 388 g/mol. The summed E-state index contributed by atoms with van der Waals surface area (Å²) in [5.41, 5.74) is 0.460. The smallest absolute Gasteiger partial charge is 0.406 e. The molecule has 0 fully saturated rings. The highest BCUT2D eigenvalue weighted by Crippen LogP contribution is 2.32. The molecule has 0 unspecified atom stereocenters. The Balaban J connectivity index is 2.26. The van der Waals surface area contributed by atoms with E-state index in [0.29, 0.717) is 5.69 Å². The Labute approximate surface area is 136 Å². The molecule has 5 nitrogen and oxygen atoms in total. The minimum Gasteiger partial charge on any atom is -0.406 e. The van der Waals surface area contributed by atoms with Crippen LogP contribution in [0.15, 0.2) is 51.9 Å². The molecule has 2 rings (SSSR count). The van der Waals surface area contributed by atoms with Gasteiger partial charge >= 0.3 is 6.36 Å². The molecule has 0 saturated heterocycles. The van der Waals surface area contributed by atoms with Crippen molar-refractivity contribution >= 4 is 33.5 Å². The number of aliphatic imine (C=N–C) groups is 1. The molecular weight excluding hydrogens is 381 g/mol. The highest BCUT2D eigenvalue weighted by Gasteiger charge is 2.31. The molecule has 0 aromatic heterocycles. The van der Waals surface area contributed by atoms with E-state index in [1.165, 1.54) is 30.5 Å². The molecule has 0 heterocycles. The number of halogens is 4. The van der Waals surface area contributed by atoms with Crippen LogP contribution in [0.2, 0.25) is 0 Å². The van der Waals surface area contributed by atoms with E-state index >= 15 is 0 Å². The topological polar surface area (TPSA) is 64.7 Å². The summed E-state index contributed by atoms with van der Waals surface area (Å²) in [5, 5.41) is 10.9. The summed E-state index contributed by atoms with van der Waals surface area (Å²) in [6.07, 6.45) is -3.52. The predicted molar refractivity (Wildman–Crippen MR) is 81.2 cm³/mol. The Hall–Kier alpha value is -2.42. The van der Waals surface area contributed by atoms with Gasteiger partial charge in [0, 0.05) is 16.8 Å². The molecule has 0 aliphatic heterocycles. The molecule has 0 amide bonds. The maximum atomic E-state index is 12.1. The highest BCUT2D eigenvalue weighted by atomic mass is 79.9. The van der Waals surface area contributed by atoms with E-state index in [4.69, 9.17) is 0 Å². The molecular formula is C14H8BrF3N2O3. The van der Waals surface area contributed by atoms with E-state index in [0.717, 1.165) is 12.1 Å². The summed E-state index contributed by atoms with van der Waals surface area (Å²) in [6.45, 7) is 0. The van der Waals surface area contributed by atoms with Crippen LogP contribution < -0.4 is 4.74 Å². The summed E-state index contributed by atoms with van der Waals surface area (Å²) >= 11 is 3.08. The van der Waals surface area contributed by atoms with Crippen LogP contribution in [-0.2, 0) is 0 Å². The normalized spacial score (nSPS) is 11.7. The number of para-hydroxylation sites is 1. The van der Waals surface area contributed by atoms with Crippen molar-refractivity contribution in [2.24, 2.45) is 4.99 Å². The molecule has 23 heavy (non-hydrogen) atoms.